The van der Waals surface area contributed by atoms with Gasteiger partial charge in [-0.1, -0.05) is 35.0 Å². The van der Waals surface area contributed by atoms with Crippen LogP contribution in [0.1, 0.15) is 44.3 Å². The number of ether oxygens (including phenoxy) is 3. The van der Waals surface area contributed by atoms with Gasteiger partial charge in [-0.15, -0.1) is 0 Å². The van der Waals surface area contributed by atoms with Gasteiger partial charge in [0.25, 0.3) is 0 Å². The van der Waals surface area contributed by atoms with Gasteiger partial charge < -0.3 is 14.2 Å². The van der Waals surface area contributed by atoms with Crippen molar-refractivity contribution in [1.82, 2.24) is 0 Å². The molecule has 3 nitrogen and oxygen atoms in total. The van der Waals surface area contributed by atoms with Crippen molar-refractivity contribution in [2.24, 2.45) is 0 Å². The third-order valence-electron chi connectivity index (χ3n) is 3.31. The van der Waals surface area contributed by atoms with Crippen molar-refractivity contribution < 1.29 is 14.2 Å². The molecule has 0 aromatic heterocycles. The minimum Gasteiger partial charge on any atom is -0.378 e. The van der Waals surface area contributed by atoms with Crippen molar-refractivity contribution >= 4 is 15.9 Å². The summed E-state index contributed by atoms with van der Waals surface area (Å²) in [6.07, 6.45) is 4.15. The minimum atomic E-state index is -0.0948. The SMILES string of the molecule is CCCOCC(OC1CCCCO1)c1ccc(Br)cc1. The zero-order chi connectivity index (χ0) is 14.2. The summed E-state index contributed by atoms with van der Waals surface area (Å²) in [4.78, 5) is 0. The first kappa shape index (κ1) is 16.0. The van der Waals surface area contributed by atoms with E-state index in [2.05, 4.69) is 35.0 Å². The molecule has 2 unspecified atom stereocenters. The highest BCUT2D eigenvalue weighted by atomic mass is 79.9. The average molecular weight is 343 g/mol. The molecule has 0 aliphatic carbocycles. The normalized spacial score (nSPS) is 20.8. The molecule has 0 spiro atoms. The highest BCUT2D eigenvalue weighted by molar-refractivity contribution is 9.10. The molecule has 2 rings (SSSR count). The van der Waals surface area contributed by atoms with Crippen molar-refractivity contribution in [3.8, 4) is 0 Å². The lowest BCUT2D eigenvalue weighted by molar-refractivity contribution is -0.200. The fourth-order valence-electron chi connectivity index (χ4n) is 2.23. The van der Waals surface area contributed by atoms with Crippen LogP contribution in [0.15, 0.2) is 28.7 Å². The topological polar surface area (TPSA) is 27.7 Å². The molecule has 0 saturated carbocycles. The van der Waals surface area contributed by atoms with E-state index in [4.69, 9.17) is 14.2 Å². The van der Waals surface area contributed by atoms with E-state index in [0.29, 0.717) is 6.61 Å². The third-order valence-corrected chi connectivity index (χ3v) is 3.84. The van der Waals surface area contributed by atoms with Crippen LogP contribution < -0.4 is 0 Å². The molecule has 1 heterocycles. The van der Waals surface area contributed by atoms with Gasteiger partial charge in [0.05, 0.1) is 6.61 Å². The predicted octanol–water partition coefficient (Wildman–Crippen LogP) is 4.46. The van der Waals surface area contributed by atoms with Gasteiger partial charge in [-0.05, 0) is 43.4 Å². The third kappa shape index (κ3) is 5.17. The van der Waals surface area contributed by atoms with Gasteiger partial charge in [-0.25, -0.2) is 0 Å². The Balaban J connectivity index is 1.97. The van der Waals surface area contributed by atoms with Crippen molar-refractivity contribution in [3.63, 3.8) is 0 Å². The van der Waals surface area contributed by atoms with Crippen LogP contribution in [0.2, 0.25) is 0 Å². The van der Waals surface area contributed by atoms with E-state index >= 15 is 0 Å². The van der Waals surface area contributed by atoms with E-state index < -0.39 is 0 Å². The van der Waals surface area contributed by atoms with Gasteiger partial charge in [0.1, 0.15) is 6.10 Å². The molecule has 20 heavy (non-hydrogen) atoms. The van der Waals surface area contributed by atoms with Crippen molar-refractivity contribution in [2.45, 2.75) is 45.0 Å². The maximum absolute atomic E-state index is 6.10. The summed E-state index contributed by atoms with van der Waals surface area (Å²) in [5.74, 6) is 0. The molecule has 1 aliphatic rings. The molecular formula is C16H23BrO3. The fraction of sp³-hybridized carbons (Fsp3) is 0.625. The Labute approximate surface area is 129 Å². The predicted molar refractivity (Wildman–Crippen MR) is 82.7 cm³/mol. The zero-order valence-corrected chi connectivity index (χ0v) is 13.6. The Hall–Kier alpha value is -0.420. The number of halogens is 1. The second kappa shape index (κ2) is 8.78. The van der Waals surface area contributed by atoms with E-state index in [1.165, 1.54) is 6.42 Å². The smallest absolute Gasteiger partial charge is 0.158 e. The first-order valence-electron chi connectivity index (χ1n) is 7.40. The van der Waals surface area contributed by atoms with E-state index in [-0.39, 0.29) is 12.4 Å². The van der Waals surface area contributed by atoms with Crippen molar-refractivity contribution in [1.29, 1.82) is 0 Å². The molecule has 0 amide bonds. The van der Waals surface area contributed by atoms with Crippen molar-refractivity contribution in [3.05, 3.63) is 34.3 Å². The van der Waals surface area contributed by atoms with Crippen LogP contribution in [-0.2, 0) is 14.2 Å². The van der Waals surface area contributed by atoms with Gasteiger partial charge >= 0.3 is 0 Å². The van der Waals surface area contributed by atoms with Gasteiger partial charge in [0.15, 0.2) is 6.29 Å². The van der Waals surface area contributed by atoms with Crippen LogP contribution in [0.4, 0.5) is 0 Å². The van der Waals surface area contributed by atoms with Gasteiger partial charge in [-0.2, -0.15) is 0 Å². The van der Waals surface area contributed by atoms with Gasteiger partial charge in [-0.3, -0.25) is 0 Å². The number of rotatable bonds is 7. The van der Waals surface area contributed by atoms with Crippen LogP contribution in [0.5, 0.6) is 0 Å². The van der Waals surface area contributed by atoms with Crippen LogP contribution in [0, 0.1) is 0 Å². The summed E-state index contributed by atoms with van der Waals surface area (Å²) in [6.45, 7) is 4.25. The Morgan fingerprint density at radius 3 is 2.75 bits per heavy atom. The van der Waals surface area contributed by atoms with Crippen LogP contribution in [-0.4, -0.2) is 26.1 Å². The van der Waals surface area contributed by atoms with Crippen LogP contribution in [0.25, 0.3) is 0 Å². The van der Waals surface area contributed by atoms with E-state index in [9.17, 15) is 0 Å². The first-order chi connectivity index (χ1) is 9.79. The quantitative estimate of drug-likeness (QED) is 0.684. The first-order valence-corrected chi connectivity index (χ1v) is 8.19. The molecule has 1 fully saturated rings. The number of hydrogen-bond acceptors (Lipinski definition) is 3. The molecule has 1 saturated heterocycles. The fourth-order valence-corrected chi connectivity index (χ4v) is 2.49. The summed E-state index contributed by atoms with van der Waals surface area (Å²) in [5.41, 5.74) is 1.14. The summed E-state index contributed by atoms with van der Waals surface area (Å²) >= 11 is 3.46. The highest BCUT2D eigenvalue weighted by Crippen LogP contribution is 2.25. The van der Waals surface area contributed by atoms with E-state index in [1.807, 2.05) is 12.1 Å². The Morgan fingerprint density at radius 1 is 1.30 bits per heavy atom. The van der Waals surface area contributed by atoms with Gasteiger partial charge in [0, 0.05) is 17.7 Å². The largest absolute Gasteiger partial charge is 0.378 e. The standard InChI is InChI=1S/C16H23BrO3/c1-2-10-18-12-15(13-6-8-14(17)9-7-13)20-16-5-3-4-11-19-16/h6-9,15-16H,2-5,10-12H2,1H3. The monoisotopic (exact) mass is 342 g/mol. The second-order valence-corrected chi connectivity index (χ2v) is 5.96. The summed E-state index contributed by atoms with van der Waals surface area (Å²) in [5, 5.41) is 0. The van der Waals surface area contributed by atoms with Crippen LogP contribution >= 0.6 is 15.9 Å². The average Bonchev–Trinajstić information content (AvgIpc) is 2.48. The van der Waals surface area contributed by atoms with Crippen molar-refractivity contribution in [2.75, 3.05) is 19.8 Å². The molecule has 0 radical (unpaired) electrons. The molecule has 112 valence electrons. The lowest BCUT2D eigenvalue weighted by atomic mass is 10.1. The van der Waals surface area contributed by atoms with Gasteiger partial charge in [0.2, 0.25) is 0 Å². The lowest BCUT2D eigenvalue weighted by Crippen LogP contribution is -2.26. The van der Waals surface area contributed by atoms with Crippen LogP contribution in [0.3, 0.4) is 0 Å². The molecular weight excluding hydrogens is 320 g/mol. The zero-order valence-electron chi connectivity index (χ0n) is 12.0. The highest BCUT2D eigenvalue weighted by Gasteiger charge is 2.21. The number of hydrogen-bond donors (Lipinski definition) is 0. The minimum absolute atomic E-state index is 0.0576. The molecule has 1 aromatic rings. The summed E-state index contributed by atoms with van der Waals surface area (Å²) in [7, 11) is 0. The molecule has 2 atom stereocenters. The number of benzene rings is 1. The molecule has 4 heteroatoms. The maximum atomic E-state index is 6.10. The molecule has 1 aromatic carbocycles. The summed E-state index contributed by atoms with van der Waals surface area (Å²) in [6, 6.07) is 8.22. The van der Waals surface area contributed by atoms with E-state index in [0.717, 1.165) is 42.5 Å². The second-order valence-electron chi connectivity index (χ2n) is 5.05. The Morgan fingerprint density at radius 2 is 2.10 bits per heavy atom. The maximum Gasteiger partial charge on any atom is 0.158 e. The Bertz CT molecular complexity index is 374. The molecule has 1 aliphatic heterocycles. The Kier molecular flexibility index (Phi) is 7.00. The molecule has 0 bridgehead atoms. The van der Waals surface area contributed by atoms with E-state index in [1.54, 1.807) is 0 Å². The molecule has 0 N–H and O–H groups in total. The lowest BCUT2D eigenvalue weighted by Gasteiger charge is -2.28. The summed E-state index contributed by atoms with van der Waals surface area (Å²) < 4.78 is 18.5.